The van der Waals surface area contributed by atoms with Gasteiger partial charge in [-0.1, -0.05) is 91.0 Å². The SMILES string of the molecule is c1ccc(-n2c3ccc(-c4ccc5c(c4)n4c6ccccc6nc4n5-c4cccc5ccccc45)cc3n3c4ccccc4nc23)cc1. The largest absolute Gasteiger partial charge is 0.278 e. The number of aromatic nitrogens is 6. The Labute approximate surface area is 274 Å². The summed E-state index contributed by atoms with van der Waals surface area (Å²) in [5, 5.41) is 2.40. The quantitative estimate of drug-likeness (QED) is 0.199. The van der Waals surface area contributed by atoms with Crippen LogP contribution in [0.1, 0.15) is 0 Å². The summed E-state index contributed by atoms with van der Waals surface area (Å²) >= 11 is 0. The van der Waals surface area contributed by atoms with Crippen LogP contribution in [0.2, 0.25) is 0 Å². The van der Waals surface area contributed by atoms with Gasteiger partial charge in [0.25, 0.3) is 0 Å². The van der Waals surface area contributed by atoms with E-state index < -0.39 is 0 Å². The normalized spacial score (nSPS) is 12.2. The van der Waals surface area contributed by atoms with Crippen LogP contribution in [0.15, 0.2) is 158 Å². The van der Waals surface area contributed by atoms with Gasteiger partial charge >= 0.3 is 0 Å². The highest BCUT2D eigenvalue weighted by Gasteiger charge is 2.21. The maximum absolute atomic E-state index is 5.18. The topological polar surface area (TPSA) is 44.5 Å². The van der Waals surface area contributed by atoms with E-state index in [-0.39, 0.29) is 0 Å². The van der Waals surface area contributed by atoms with E-state index in [2.05, 4.69) is 176 Å². The molecule has 11 aromatic rings. The minimum absolute atomic E-state index is 0.904. The van der Waals surface area contributed by atoms with Gasteiger partial charge in [-0.05, 0) is 83.2 Å². The molecule has 0 amide bonds. The van der Waals surface area contributed by atoms with Crippen LogP contribution in [0.5, 0.6) is 0 Å². The summed E-state index contributed by atoms with van der Waals surface area (Å²) in [7, 11) is 0. The molecule has 11 rings (SSSR count). The summed E-state index contributed by atoms with van der Waals surface area (Å²) in [6, 6.07) is 55.9. The number of fused-ring (bicyclic) bond motifs is 11. The molecule has 4 aromatic heterocycles. The third-order valence-electron chi connectivity index (χ3n) is 9.76. The van der Waals surface area contributed by atoms with Crippen LogP contribution >= 0.6 is 0 Å². The molecular formula is C42H26N6. The highest BCUT2D eigenvalue weighted by Crippen LogP contribution is 2.36. The Morgan fingerprint density at radius 1 is 0.375 bits per heavy atom. The van der Waals surface area contributed by atoms with Crippen LogP contribution in [0.4, 0.5) is 0 Å². The molecule has 0 radical (unpaired) electrons. The van der Waals surface area contributed by atoms with E-state index in [0.717, 1.165) is 78.2 Å². The molecule has 0 atom stereocenters. The Morgan fingerprint density at radius 2 is 0.917 bits per heavy atom. The molecule has 4 heterocycles. The standard InChI is InChI=1S/C42H26N6/c1-2-13-30(14-3-1)45-37-23-21-28(25-39(37)47-35-18-8-6-16-32(35)43-41(45)47)29-22-24-38-40(26-29)48-36-19-9-7-17-33(36)44-42(48)46(38)34-20-10-12-27-11-4-5-15-31(27)34/h1-26H. The first-order chi connectivity index (χ1) is 23.8. The molecule has 0 saturated carbocycles. The Hall–Kier alpha value is -6.66. The first-order valence-electron chi connectivity index (χ1n) is 16.2. The average Bonchev–Trinajstić information content (AvgIpc) is 3.87. The molecule has 0 aliphatic rings. The minimum Gasteiger partial charge on any atom is -0.278 e. The third kappa shape index (κ3) is 3.40. The lowest BCUT2D eigenvalue weighted by Crippen LogP contribution is -1.96. The molecule has 7 aromatic carbocycles. The zero-order chi connectivity index (χ0) is 31.3. The molecule has 0 bridgehead atoms. The summed E-state index contributed by atoms with van der Waals surface area (Å²) in [6.45, 7) is 0. The van der Waals surface area contributed by atoms with Crippen LogP contribution in [-0.2, 0) is 0 Å². The zero-order valence-electron chi connectivity index (χ0n) is 25.7. The fraction of sp³-hybridized carbons (Fsp3) is 0. The molecule has 0 unspecified atom stereocenters. The Kier molecular flexibility index (Phi) is 5.02. The number of para-hydroxylation sites is 5. The summed E-state index contributed by atoms with van der Waals surface area (Å²) in [5.41, 5.74) is 13.1. The molecule has 0 fully saturated rings. The Morgan fingerprint density at radius 3 is 1.60 bits per heavy atom. The van der Waals surface area contributed by atoms with Crippen molar-refractivity contribution in [2.24, 2.45) is 0 Å². The first-order valence-corrected chi connectivity index (χ1v) is 16.2. The van der Waals surface area contributed by atoms with Crippen molar-refractivity contribution in [2.75, 3.05) is 0 Å². The van der Waals surface area contributed by atoms with Crippen molar-refractivity contribution >= 4 is 66.5 Å². The minimum atomic E-state index is 0.904. The highest BCUT2D eigenvalue weighted by atomic mass is 15.2. The van der Waals surface area contributed by atoms with E-state index in [1.54, 1.807) is 0 Å². The van der Waals surface area contributed by atoms with Gasteiger partial charge in [0.05, 0.1) is 49.8 Å². The van der Waals surface area contributed by atoms with Crippen molar-refractivity contribution in [1.29, 1.82) is 0 Å². The molecule has 48 heavy (non-hydrogen) atoms. The fourth-order valence-electron chi connectivity index (χ4n) is 7.63. The lowest BCUT2D eigenvalue weighted by Gasteiger charge is -2.10. The van der Waals surface area contributed by atoms with Crippen LogP contribution in [0.3, 0.4) is 0 Å². The number of nitrogens with zero attached hydrogens (tertiary/aromatic N) is 6. The third-order valence-corrected chi connectivity index (χ3v) is 9.76. The highest BCUT2D eigenvalue weighted by molar-refractivity contribution is 5.99. The van der Waals surface area contributed by atoms with Gasteiger partial charge in [-0.25, -0.2) is 9.97 Å². The summed E-state index contributed by atoms with van der Waals surface area (Å²) in [6.07, 6.45) is 0. The lowest BCUT2D eigenvalue weighted by molar-refractivity contribution is 1.11. The van der Waals surface area contributed by atoms with Crippen LogP contribution < -0.4 is 0 Å². The van der Waals surface area contributed by atoms with Crippen LogP contribution in [-0.4, -0.2) is 27.9 Å². The fourth-order valence-corrected chi connectivity index (χ4v) is 7.63. The second-order valence-electron chi connectivity index (χ2n) is 12.4. The van der Waals surface area contributed by atoms with Crippen molar-refractivity contribution in [2.45, 2.75) is 0 Å². The summed E-state index contributed by atoms with van der Waals surface area (Å²) < 4.78 is 9.17. The summed E-state index contributed by atoms with van der Waals surface area (Å²) in [4.78, 5) is 10.3. The van der Waals surface area contributed by atoms with Crippen molar-refractivity contribution < 1.29 is 0 Å². The van der Waals surface area contributed by atoms with Gasteiger partial charge in [0.15, 0.2) is 0 Å². The molecule has 6 heteroatoms. The van der Waals surface area contributed by atoms with Gasteiger partial charge < -0.3 is 0 Å². The van der Waals surface area contributed by atoms with Crippen LogP contribution in [0, 0.1) is 0 Å². The predicted octanol–water partition coefficient (Wildman–Crippen LogP) is 10.00. The van der Waals surface area contributed by atoms with Crippen molar-refractivity contribution in [1.82, 2.24) is 27.9 Å². The van der Waals surface area contributed by atoms with Crippen molar-refractivity contribution in [3.8, 4) is 22.5 Å². The van der Waals surface area contributed by atoms with E-state index in [0.29, 0.717) is 0 Å². The predicted molar refractivity (Wildman–Crippen MR) is 196 cm³/mol. The number of hydrogen-bond acceptors (Lipinski definition) is 2. The van der Waals surface area contributed by atoms with Gasteiger partial charge in [-0.15, -0.1) is 0 Å². The number of imidazole rings is 4. The molecular weight excluding hydrogens is 589 g/mol. The van der Waals surface area contributed by atoms with Gasteiger partial charge in [-0.2, -0.15) is 0 Å². The average molecular weight is 615 g/mol. The maximum Gasteiger partial charge on any atom is 0.220 e. The lowest BCUT2D eigenvalue weighted by atomic mass is 10.0. The zero-order valence-corrected chi connectivity index (χ0v) is 25.7. The molecule has 0 N–H and O–H groups in total. The number of rotatable bonds is 3. The van der Waals surface area contributed by atoms with Gasteiger partial charge in [0.1, 0.15) is 0 Å². The smallest absolute Gasteiger partial charge is 0.220 e. The van der Waals surface area contributed by atoms with E-state index in [1.165, 1.54) is 10.8 Å². The Bertz CT molecular complexity index is 3060. The molecule has 224 valence electrons. The van der Waals surface area contributed by atoms with Gasteiger partial charge in [-0.3, -0.25) is 17.9 Å². The van der Waals surface area contributed by atoms with Gasteiger partial charge in [0.2, 0.25) is 11.6 Å². The molecule has 6 nitrogen and oxygen atoms in total. The molecule has 0 aliphatic heterocycles. The van der Waals surface area contributed by atoms with E-state index >= 15 is 0 Å². The van der Waals surface area contributed by atoms with E-state index in [1.807, 2.05) is 0 Å². The van der Waals surface area contributed by atoms with Gasteiger partial charge in [0, 0.05) is 11.1 Å². The number of hydrogen-bond donors (Lipinski definition) is 0. The molecule has 0 saturated heterocycles. The molecule has 0 aliphatic carbocycles. The van der Waals surface area contributed by atoms with E-state index in [9.17, 15) is 0 Å². The van der Waals surface area contributed by atoms with Crippen molar-refractivity contribution in [3.05, 3.63) is 158 Å². The number of benzene rings is 7. The Balaban J connectivity index is 1.20. The van der Waals surface area contributed by atoms with Crippen LogP contribution in [0.25, 0.3) is 89.0 Å². The van der Waals surface area contributed by atoms with Crippen molar-refractivity contribution in [3.63, 3.8) is 0 Å². The second-order valence-corrected chi connectivity index (χ2v) is 12.4. The summed E-state index contributed by atoms with van der Waals surface area (Å²) in [5.74, 6) is 1.81. The second kappa shape index (κ2) is 9.44. The molecule has 0 spiro atoms. The monoisotopic (exact) mass is 614 g/mol. The van der Waals surface area contributed by atoms with E-state index in [4.69, 9.17) is 9.97 Å². The maximum atomic E-state index is 5.18. The first kappa shape index (κ1) is 25.5.